The van der Waals surface area contributed by atoms with Gasteiger partial charge in [0.1, 0.15) is 5.03 Å². The maximum Gasteiger partial charge on any atom is 0.339 e. The molecule has 0 amide bonds. The van der Waals surface area contributed by atoms with Crippen LogP contribution in [0.3, 0.4) is 0 Å². The summed E-state index contributed by atoms with van der Waals surface area (Å²) in [5, 5.41) is 0.833. The first-order valence-corrected chi connectivity index (χ1v) is 7.37. The van der Waals surface area contributed by atoms with Crippen LogP contribution in [0.2, 0.25) is 0 Å². The molecule has 0 aliphatic rings. The highest BCUT2D eigenvalue weighted by atomic mass is 79.9. The molecule has 0 saturated carbocycles. The predicted molar refractivity (Wildman–Crippen MR) is 78.5 cm³/mol. The van der Waals surface area contributed by atoms with Crippen molar-refractivity contribution in [3.63, 3.8) is 0 Å². The minimum Gasteiger partial charge on any atom is -0.462 e. The first-order valence-electron chi connectivity index (χ1n) is 5.76. The van der Waals surface area contributed by atoms with Crippen molar-refractivity contribution in [1.29, 1.82) is 0 Å². The lowest BCUT2D eigenvalue weighted by molar-refractivity contribution is 0.0525. The maximum atomic E-state index is 11.5. The minimum atomic E-state index is -0.340. The van der Waals surface area contributed by atoms with Gasteiger partial charge in [-0.3, -0.25) is 0 Å². The van der Waals surface area contributed by atoms with Gasteiger partial charge in [-0.05, 0) is 47.1 Å². The summed E-state index contributed by atoms with van der Waals surface area (Å²) in [7, 11) is 0. The summed E-state index contributed by atoms with van der Waals surface area (Å²) in [4.78, 5) is 16.8. The van der Waals surface area contributed by atoms with Crippen molar-refractivity contribution in [2.75, 3.05) is 6.61 Å². The number of nitrogens with zero attached hydrogens (tertiary/aromatic N) is 1. The molecule has 0 spiro atoms. The van der Waals surface area contributed by atoms with Crippen LogP contribution in [0.15, 0.2) is 57.0 Å². The van der Waals surface area contributed by atoms with Gasteiger partial charge in [0.15, 0.2) is 0 Å². The molecule has 2 aromatic rings. The molecule has 1 aromatic heterocycles. The molecule has 0 bridgehead atoms. The summed E-state index contributed by atoms with van der Waals surface area (Å²) in [5.41, 5.74) is 0.471. The third-order valence-corrected chi connectivity index (χ3v) is 4.28. The Morgan fingerprint density at radius 2 is 2.11 bits per heavy atom. The summed E-state index contributed by atoms with van der Waals surface area (Å²) < 4.78 is 5.94. The molecule has 0 fully saturated rings. The Bertz CT molecular complexity index is 572. The molecule has 0 aliphatic heterocycles. The van der Waals surface area contributed by atoms with Crippen LogP contribution in [-0.4, -0.2) is 17.6 Å². The van der Waals surface area contributed by atoms with Crippen LogP contribution >= 0.6 is 27.7 Å². The summed E-state index contributed by atoms with van der Waals surface area (Å²) in [6.07, 6.45) is 1.54. The molecule has 0 aliphatic carbocycles. The number of carbonyl (C=O) groups excluding carboxylic acids is 1. The number of benzene rings is 1. The van der Waals surface area contributed by atoms with Crippen molar-refractivity contribution in [3.05, 3.63) is 52.6 Å². The van der Waals surface area contributed by atoms with E-state index in [2.05, 4.69) is 20.9 Å². The van der Waals surface area contributed by atoms with Gasteiger partial charge in [0, 0.05) is 15.6 Å². The monoisotopic (exact) mass is 337 g/mol. The fourth-order valence-electron chi connectivity index (χ4n) is 1.42. The van der Waals surface area contributed by atoms with Crippen molar-refractivity contribution < 1.29 is 9.53 Å². The Kier molecular flexibility index (Phi) is 4.99. The van der Waals surface area contributed by atoms with E-state index in [0.717, 1.165) is 14.4 Å². The predicted octanol–water partition coefficient (Wildman–Crippen LogP) is 4.17. The topological polar surface area (TPSA) is 39.2 Å². The Labute approximate surface area is 124 Å². The van der Waals surface area contributed by atoms with E-state index in [1.54, 1.807) is 13.0 Å². The van der Waals surface area contributed by atoms with Crippen LogP contribution in [0.1, 0.15) is 17.3 Å². The third-order valence-electron chi connectivity index (χ3n) is 2.30. The standard InChI is InChI=1S/C14H12BrNO2S/c1-2-18-14(17)10-7-8-13(16-9-10)19-12-6-4-3-5-11(12)15/h3-9H,2H2,1H3. The van der Waals surface area contributed by atoms with E-state index < -0.39 is 0 Å². The lowest BCUT2D eigenvalue weighted by atomic mass is 10.3. The molecule has 3 nitrogen and oxygen atoms in total. The largest absolute Gasteiger partial charge is 0.462 e. The number of aromatic nitrogens is 1. The number of esters is 1. The maximum absolute atomic E-state index is 11.5. The summed E-state index contributed by atoms with van der Waals surface area (Å²) in [5.74, 6) is -0.340. The highest BCUT2D eigenvalue weighted by Gasteiger charge is 2.08. The molecule has 1 aromatic carbocycles. The molecule has 2 rings (SSSR count). The van der Waals surface area contributed by atoms with Crippen LogP contribution in [0.25, 0.3) is 0 Å². The van der Waals surface area contributed by atoms with Gasteiger partial charge in [-0.2, -0.15) is 0 Å². The summed E-state index contributed by atoms with van der Waals surface area (Å²) in [6, 6.07) is 11.5. The molecule has 98 valence electrons. The quantitative estimate of drug-likeness (QED) is 0.785. The van der Waals surface area contributed by atoms with Crippen LogP contribution in [0.4, 0.5) is 0 Å². The van der Waals surface area contributed by atoms with E-state index in [0.29, 0.717) is 12.2 Å². The Morgan fingerprint density at radius 3 is 2.74 bits per heavy atom. The molecule has 0 unspecified atom stereocenters. The summed E-state index contributed by atoms with van der Waals surface area (Å²) >= 11 is 5.03. The zero-order valence-electron chi connectivity index (χ0n) is 10.3. The van der Waals surface area contributed by atoms with Gasteiger partial charge in [0.25, 0.3) is 0 Å². The van der Waals surface area contributed by atoms with Crippen molar-refractivity contribution in [2.45, 2.75) is 16.8 Å². The van der Waals surface area contributed by atoms with E-state index in [1.807, 2.05) is 30.3 Å². The van der Waals surface area contributed by atoms with Crippen LogP contribution in [0, 0.1) is 0 Å². The van der Waals surface area contributed by atoms with Gasteiger partial charge < -0.3 is 4.74 Å². The Morgan fingerprint density at radius 1 is 1.32 bits per heavy atom. The molecular weight excluding hydrogens is 326 g/mol. The molecule has 19 heavy (non-hydrogen) atoms. The van der Waals surface area contributed by atoms with Crippen molar-refractivity contribution in [2.24, 2.45) is 0 Å². The highest BCUT2D eigenvalue weighted by Crippen LogP contribution is 2.31. The lowest BCUT2D eigenvalue weighted by Gasteiger charge is -2.04. The molecule has 1 heterocycles. The van der Waals surface area contributed by atoms with Gasteiger partial charge >= 0.3 is 5.97 Å². The van der Waals surface area contributed by atoms with Crippen LogP contribution < -0.4 is 0 Å². The molecule has 0 radical (unpaired) electrons. The van der Waals surface area contributed by atoms with Crippen LogP contribution in [0.5, 0.6) is 0 Å². The smallest absolute Gasteiger partial charge is 0.339 e. The Balaban J connectivity index is 2.11. The van der Waals surface area contributed by atoms with Gasteiger partial charge in [-0.1, -0.05) is 23.9 Å². The second-order valence-corrected chi connectivity index (χ2v) is 5.55. The second-order valence-electron chi connectivity index (χ2n) is 3.64. The van der Waals surface area contributed by atoms with E-state index in [4.69, 9.17) is 4.74 Å². The number of pyridine rings is 1. The average Bonchev–Trinajstić information content (AvgIpc) is 2.42. The van der Waals surface area contributed by atoms with Crippen molar-refractivity contribution >= 4 is 33.7 Å². The minimum absolute atomic E-state index is 0.340. The zero-order chi connectivity index (χ0) is 13.7. The molecule has 0 saturated heterocycles. The fourth-order valence-corrected chi connectivity index (χ4v) is 2.72. The molecule has 0 N–H and O–H groups in total. The SMILES string of the molecule is CCOC(=O)c1ccc(Sc2ccccc2Br)nc1. The number of halogens is 1. The number of hydrogen-bond acceptors (Lipinski definition) is 4. The normalized spacial score (nSPS) is 10.2. The number of carbonyl (C=O) groups is 1. The van der Waals surface area contributed by atoms with Gasteiger partial charge in [-0.25, -0.2) is 9.78 Å². The number of hydrogen-bond donors (Lipinski definition) is 0. The molecule has 5 heteroatoms. The van der Waals surface area contributed by atoms with Gasteiger partial charge in [-0.15, -0.1) is 0 Å². The third kappa shape index (κ3) is 3.81. The number of rotatable bonds is 4. The second kappa shape index (κ2) is 6.73. The van der Waals surface area contributed by atoms with E-state index in [1.165, 1.54) is 18.0 Å². The van der Waals surface area contributed by atoms with E-state index >= 15 is 0 Å². The highest BCUT2D eigenvalue weighted by molar-refractivity contribution is 9.10. The van der Waals surface area contributed by atoms with Crippen molar-refractivity contribution in [1.82, 2.24) is 4.98 Å². The first kappa shape index (κ1) is 14.1. The van der Waals surface area contributed by atoms with Gasteiger partial charge in [0.05, 0.1) is 12.2 Å². The van der Waals surface area contributed by atoms with E-state index in [9.17, 15) is 4.79 Å². The van der Waals surface area contributed by atoms with Crippen molar-refractivity contribution in [3.8, 4) is 0 Å². The molecular formula is C14H12BrNO2S. The van der Waals surface area contributed by atoms with Gasteiger partial charge in [0.2, 0.25) is 0 Å². The Hall–Kier alpha value is -1.33. The first-order chi connectivity index (χ1) is 9.20. The summed E-state index contributed by atoms with van der Waals surface area (Å²) in [6.45, 7) is 2.15. The average molecular weight is 338 g/mol. The number of ether oxygens (including phenoxy) is 1. The lowest BCUT2D eigenvalue weighted by Crippen LogP contribution is -2.04. The molecule has 0 atom stereocenters. The van der Waals surface area contributed by atoms with Crippen LogP contribution in [-0.2, 0) is 4.74 Å². The fraction of sp³-hybridized carbons (Fsp3) is 0.143. The zero-order valence-corrected chi connectivity index (χ0v) is 12.7. The van der Waals surface area contributed by atoms with E-state index in [-0.39, 0.29) is 5.97 Å².